The molecule has 1 N–H and O–H groups in total. The summed E-state index contributed by atoms with van der Waals surface area (Å²) in [6.07, 6.45) is 4.47. The first-order valence-electron chi connectivity index (χ1n) is 11.6. The monoisotopic (exact) mass is 435 g/mol. The van der Waals surface area contributed by atoms with Crippen molar-refractivity contribution in [3.8, 4) is 5.82 Å². The summed E-state index contributed by atoms with van der Waals surface area (Å²) in [6.45, 7) is 7.86. The van der Waals surface area contributed by atoms with E-state index in [9.17, 15) is 4.79 Å². The smallest absolute Gasteiger partial charge is 0.226 e. The fourth-order valence-corrected chi connectivity index (χ4v) is 5.38. The molecule has 9 nitrogen and oxygen atoms in total. The van der Waals surface area contributed by atoms with Crippen molar-refractivity contribution in [1.29, 1.82) is 0 Å². The van der Waals surface area contributed by atoms with Crippen molar-refractivity contribution in [3.05, 3.63) is 29.6 Å². The Morgan fingerprint density at radius 2 is 2.12 bits per heavy atom. The summed E-state index contributed by atoms with van der Waals surface area (Å²) in [5, 5.41) is 13.1. The molecule has 9 heteroatoms. The van der Waals surface area contributed by atoms with Gasteiger partial charge in [-0.1, -0.05) is 6.92 Å². The molecule has 0 spiro atoms. The normalized spacial score (nSPS) is 25.6. The topological polar surface area (TPSA) is 92.2 Å². The molecule has 3 aromatic heterocycles. The van der Waals surface area contributed by atoms with Crippen LogP contribution >= 0.6 is 0 Å². The van der Waals surface area contributed by atoms with Gasteiger partial charge in [-0.05, 0) is 37.3 Å². The van der Waals surface area contributed by atoms with E-state index in [0.717, 1.165) is 59.7 Å². The van der Waals surface area contributed by atoms with Crippen LogP contribution in [0.3, 0.4) is 0 Å². The summed E-state index contributed by atoms with van der Waals surface area (Å²) in [5.41, 5.74) is 2.95. The van der Waals surface area contributed by atoms with Gasteiger partial charge < -0.3 is 14.5 Å². The molecule has 168 valence electrons. The van der Waals surface area contributed by atoms with Gasteiger partial charge in [-0.25, -0.2) is 4.98 Å². The highest BCUT2D eigenvalue weighted by Gasteiger charge is 2.36. The summed E-state index contributed by atoms with van der Waals surface area (Å²) in [7, 11) is 0. The standard InChI is InChI=1S/C23H29N7O2/c1-14-9-16(10-14)23(31)28-6-4-18-21-17(12-28)11-20(29-7-8-32-13-15(29)2)25-22(21)30(27-18)19-3-5-24-26-19/h3,5,11,14-16H,4,6-10,12-13H2,1-2H3,(H,24,26)/t14?,15-,16?/m1/s1. The maximum atomic E-state index is 13.2. The predicted octanol–water partition coefficient (Wildman–Crippen LogP) is 2.30. The molecular weight excluding hydrogens is 406 g/mol. The van der Waals surface area contributed by atoms with E-state index in [2.05, 4.69) is 35.0 Å². The number of hydrogen-bond acceptors (Lipinski definition) is 6. The lowest BCUT2D eigenvalue weighted by atomic mass is 9.75. The minimum atomic E-state index is 0.177. The zero-order valence-corrected chi connectivity index (χ0v) is 18.6. The third-order valence-corrected chi connectivity index (χ3v) is 7.17. The molecule has 3 aliphatic rings. The first kappa shape index (κ1) is 19.7. The highest BCUT2D eigenvalue weighted by molar-refractivity contribution is 5.87. The van der Waals surface area contributed by atoms with Crippen LogP contribution in [-0.4, -0.2) is 68.1 Å². The average Bonchev–Trinajstić information content (AvgIpc) is 3.38. The SMILES string of the molecule is CC1CC(C(=O)N2CCc3nn(-c4ccn[nH]4)c4nc(N5CCOC[C@H]5C)cc(c34)C2)C1. The van der Waals surface area contributed by atoms with E-state index in [0.29, 0.717) is 38.1 Å². The van der Waals surface area contributed by atoms with E-state index in [-0.39, 0.29) is 12.0 Å². The third kappa shape index (κ3) is 3.18. The number of anilines is 1. The number of pyridine rings is 1. The zero-order valence-electron chi connectivity index (χ0n) is 18.6. The number of rotatable bonds is 3. The Morgan fingerprint density at radius 1 is 1.25 bits per heavy atom. The molecule has 3 aromatic rings. The summed E-state index contributed by atoms with van der Waals surface area (Å²) >= 11 is 0. The number of morpholine rings is 1. The highest BCUT2D eigenvalue weighted by Crippen LogP contribution is 2.37. The third-order valence-electron chi connectivity index (χ3n) is 7.17. The average molecular weight is 436 g/mol. The lowest BCUT2D eigenvalue weighted by molar-refractivity contribution is -0.140. The molecule has 1 saturated heterocycles. The molecule has 0 unspecified atom stereocenters. The van der Waals surface area contributed by atoms with Crippen molar-refractivity contribution in [2.24, 2.45) is 11.8 Å². The Hall–Kier alpha value is -2.94. The van der Waals surface area contributed by atoms with Gasteiger partial charge in [-0.15, -0.1) is 0 Å². The molecule has 2 aliphatic heterocycles. The first-order chi connectivity index (χ1) is 15.6. The minimum Gasteiger partial charge on any atom is -0.377 e. The van der Waals surface area contributed by atoms with Crippen molar-refractivity contribution in [2.45, 2.75) is 45.7 Å². The molecule has 1 amide bonds. The van der Waals surface area contributed by atoms with Gasteiger partial charge in [0.25, 0.3) is 0 Å². The molecule has 1 aliphatic carbocycles. The number of aromatic amines is 1. The molecule has 1 saturated carbocycles. The second-order valence-electron chi connectivity index (χ2n) is 9.54. The lowest BCUT2D eigenvalue weighted by Gasteiger charge is -2.36. The molecule has 0 radical (unpaired) electrons. The van der Waals surface area contributed by atoms with Crippen LogP contribution in [0, 0.1) is 11.8 Å². The number of H-pyrrole nitrogens is 1. The van der Waals surface area contributed by atoms with E-state index in [1.807, 2.05) is 15.6 Å². The molecule has 6 rings (SSSR count). The van der Waals surface area contributed by atoms with Gasteiger partial charge >= 0.3 is 0 Å². The fraction of sp³-hybridized carbons (Fsp3) is 0.565. The minimum absolute atomic E-state index is 0.177. The van der Waals surface area contributed by atoms with Gasteiger partial charge in [0.15, 0.2) is 11.5 Å². The van der Waals surface area contributed by atoms with Crippen LogP contribution in [0.2, 0.25) is 0 Å². The number of nitrogens with zero attached hydrogens (tertiary/aromatic N) is 6. The molecular formula is C23H29N7O2. The van der Waals surface area contributed by atoms with Gasteiger partial charge in [-0.2, -0.15) is 14.9 Å². The summed E-state index contributed by atoms with van der Waals surface area (Å²) in [5.74, 6) is 2.84. The van der Waals surface area contributed by atoms with Gasteiger partial charge in [0.1, 0.15) is 5.82 Å². The maximum Gasteiger partial charge on any atom is 0.226 e. The summed E-state index contributed by atoms with van der Waals surface area (Å²) in [4.78, 5) is 22.6. The van der Waals surface area contributed by atoms with Crippen molar-refractivity contribution >= 4 is 22.8 Å². The molecule has 0 bridgehead atoms. The van der Waals surface area contributed by atoms with Crippen LogP contribution in [0.4, 0.5) is 5.82 Å². The Kier molecular flexibility index (Phi) is 4.67. The van der Waals surface area contributed by atoms with Crippen molar-refractivity contribution < 1.29 is 9.53 Å². The van der Waals surface area contributed by atoms with Crippen LogP contribution in [0.1, 0.15) is 37.9 Å². The van der Waals surface area contributed by atoms with Crippen LogP contribution in [0.25, 0.3) is 16.9 Å². The van der Waals surface area contributed by atoms with Gasteiger partial charge in [-0.3, -0.25) is 9.89 Å². The van der Waals surface area contributed by atoms with Crippen LogP contribution < -0.4 is 4.90 Å². The summed E-state index contributed by atoms with van der Waals surface area (Å²) < 4.78 is 7.51. The number of carbonyl (C=O) groups is 1. The number of carbonyl (C=O) groups excluding carboxylic acids is 1. The van der Waals surface area contributed by atoms with E-state index in [4.69, 9.17) is 14.8 Å². The van der Waals surface area contributed by atoms with Crippen molar-refractivity contribution in [2.75, 3.05) is 31.2 Å². The number of amides is 1. The zero-order chi connectivity index (χ0) is 21.8. The largest absolute Gasteiger partial charge is 0.377 e. The van der Waals surface area contributed by atoms with E-state index in [1.54, 1.807) is 6.20 Å². The fourth-order valence-electron chi connectivity index (χ4n) is 5.38. The van der Waals surface area contributed by atoms with Crippen molar-refractivity contribution in [1.82, 2.24) is 29.9 Å². The van der Waals surface area contributed by atoms with Crippen molar-refractivity contribution in [3.63, 3.8) is 0 Å². The number of ether oxygens (including phenoxy) is 1. The molecule has 32 heavy (non-hydrogen) atoms. The Morgan fingerprint density at radius 3 is 2.88 bits per heavy atom. The molecule has 1 atom stereocenters. The Labute approximate surface area is 186 Å². The number of aromatic nitrogens is 5. The van der Waals surface area contributed by atoms with Gasteiger partial charge in [0, 0.05) is 43.4 Å². The van der Waals surface area contributed by atoms with Crippen LogP contribution in [0.5, 0.6) is 0 Å². The number of hydrogen-bond donors (Lipinski definition) is 1. The van der Waals surface area contributed by atoms with Crippen LogP contribution in [0.15, 0.2) is 18.3 Å². The highest BCUT2D eigenvalue weighted by atomic mass is 16.5. The van der Waals surface area contributed by atoms with E-state index >= 15 is 0 Å². The van der Waals surface area contributed by atoms with Gasteiger partial charge in [0.05, 0.1) is 31.1 Å². The Balaban J connectivity index is 1.45. The van der Waals surface area contributed by atoms with Gasteiger partial charge in [0.2, 0.25) is 5.91 Å². The first-order valence-corrected chi connectivity index (χ1v) is 11.6. The van der Waals surface area contributed by atoms with Crippen LogP contribution in [-0.2, 0) is 22.5 Å². The Bertz CT molecular complexity index is 1150. The predicted molar refractivity (Wildman–Crippen MR) is 120 cm³/mol. The molecule has 2 fully saturated rings. The molecule has 5 heterocycles. The number of nitrogens with one attached hydrogen (secondary N) is 1. The van der Waals surface area contributed by atoms with E-state index in [1.165, 1.54) is 0 Å². The molecule has 0 aromatic carbocycles. The quantitative estimate of drug-likeness (QED) is 0.679. The second kappa shape index (κ2) is 7.58. The van der Waals surface area contributed by atoms with E-state index < -0.39 is 0 Å². The second-order valence-corrected chi connectivity index (χ2v) is 9.54. The summed E-state index contributed by atoms with van der Waals surface area (Å²) in [6, 6.07) is 4.31. The lowest BCUT2D eigenvalue weighted by Crippen LogP contribution is -2.44. The maximum absolute atomic E-state index is 13.2.